The van der Waals surface area contributed by atoms with Gasteiger partial charge in [-0.1, -0.05) is 19.1 Å². The number of hydrogen-bond acceptors (Lipinski definition) is 3. The Labute approximate surface area is 231 Å². The molecule has 0 bridgehead atoms. The summed E-state index contributed by atoms with van der Waals surface area (Å²) in [7, 11) is 0. The van der Waals surface area contributed by atoms with E-state index in [0.29, 0.717) is 28.4 Å². The fraction of sp³-hybridized carbons (Fsp3) is 0.452. The van der Waals surface area contributed by atoms with Gasteiger partial charge in [-0.3, -0.25) is 14.5 Å². The summed E-state index contributed by atoms with van der Waals surface area (Å²) in [4.78, 5) is 18.2. The second kappa shape index (κ2) is 10.5. The van der Waals surface area contributed by atoms with E-state index in [4.69, 9.17) is 5.73 Å². The molecule has 0 saturated heterocycles. The third kappa shape index (κ3) is 5.98. The van der Waals surface area contributed by atoms with Crippen LogP contribution in [0, 0.1) is 24.1 Å². The molecule has 0 aliphatic heterocycles. The number of amidine groups is 1. The molecule has 1 aromatic heterocycles. The molecule has 1 heterocycles. The van der Waals surface area contributed by atoms with Crippen molar-refractivity contribution in [3.63, 3.8) is 0 Å². The summed E-state index contributed by atoms with van der Waals surface area (Å²) >= 11 is 0. The van der Waals surface area contributed by atoms with Crippen molar-refractivity contribution in [2.24, 2.45) is 22.1 Å². The maximum Gasteiger partial charge on any atom is 0.435 e. The van der Waals surface area contributed by atoms with Crippen LogP contribution in [0.25, 0.3) is 11.1 Å². The number of nitrogens with zero attached hydrogens (tertiary/aromatic N) is 3. The third-order valence-corrected chi connectivity index (χ3v) is 8.24. The van der Waals surface area contributed by atoms with Gasteiger partial charge < -0.3 is 5.73 Å². The second-order valence-electron chi connectivity index (χ2n) is 11.5. The molecule has 2 fully saturated rings. The Balaban J connectivity index is 1.53. The van der Waals surface area contributed by atoms with Crippen LogP contribution < -0.4 is 5.73 Å². The van der Waals surface area contributed by atoms with Gasteiger partial charge in [0.1, 0.15) is 11.7 Å². The van der Waals surface area contributed by atoms with E-state index in [2.05, 4.69) is 10.1 Å². The zero-order valence-electron chi connectivity index (χ0n) is 23.0. The standard InChI is InChI=1S/C31H34F4N4O/c1-4-39-17-25(28(38-39)31(33,34)35)22-12-19(16-37-29(36)30(3)9-10-30)13-23(14-22)27(40)15-24(20-5-6-20)21-7-8-26(32)18(2)11-21/h7-8,11-14,17,20,24H,4-6,9-10,15-16H2,1-3H3,(H2,36,37)/t24-/m0/s1. The summed E-state index contributed by atoms with van der Waals surface area (Å²) in [6.07, 6.45) is 0.757. The van der Waals surface area contributed by atoms with Gasteiger partial charge in [0.2, 0.25) is 0 Å². The minimum absolute atomic E-state index is 0.0794. The highest BCUT2D eigenvalue weighted by molar-refractivity contribution is 5.98. The van der Waals surface area contributed by atoms with Gasteiger partial charge in [0.15, 0.2) is 11.5 Å². The van der Waals surface area contributed by atoms with Crippen LogP contribution in [0.1, 0.15) is 84.6 Å². The van der Waals surface area contributed by atoms with Gasteiger partial charge in [-0.2, -0.15) is 18.3 Å². The Morgan fingerprint density at radius 1 is 1.20 bits per heavy atom. The van der Waals surface area contributed by atoms with Crippen LogP contribution in [0.15, 0.2) is 47.6 Å². The molecule has 1 atom stereocenters. The number of rotatable bonds is 10. The zero-order valence-corrected chi connectivity index (χ0v) is 23.0. The van der Waals surface area contributed by atoms with Crippen LogP contribution in [0.4, 0.5) is 17.6 Å². The van der Waals surface area contributed by atoms with Crippen LogP contribution in [-0.2, 0) is 19.3 Å². The SMILES string of the molecule is CCn1cc(-c2cc(CN=C(N)C3(C)CC3)cc(C(=O)C[C@H](c3ccc(F)c(C)c3)C3CC3)c2)c(C(F)(F)F)n1. The highest BCUT2D eigenvalue weighted by atomic mass is 19.4. The average Bonchev–Trinajstić information content (AvgIpc) is 3.84. The van der Waals surface area contributed by atoms with Gasteiger partial charge in [-0.15, -0.1) is 0 Å². The first kappa shape index (κ1) is 28.1. The summed E-state index contributed by atoms with van der Waals surface area (Å²) < 4.78 is 57.0. The Bertz CT molecular complexity index is 1460. The fourth-order valence-corrected chi connectivity index (χ4v) is 5.19. The Hall–Kier alpha value is -3.49. The molecule has 40 heavy (non-hydrogen) atoms. The summed E-state index contributed by atoms with van der Waals surface area (Å²) in [5.74, 6) is 0.274. The number of aliphatic imine (C=N–C) groups is 1. The van der Waals surface area contributed by atoms with Crippen molar-refractivity contribution in [1.82, 2.24) is 9.78 Å². The molecule has 5 rings (SSSR count). The molecule has 2 aliphatic carbocycles. The molecule has 5 nitrogen and oxygen atoms in total. The van der Waals surface area contributed by atoms with Gasteiger partial charge in [0, 0.05) is 35.7 Å². The van der Waals surface area contributed by atoms with Crippen LogP contribution in [-0.4, -0.2) is 21.4 Å². The summed E-state index contributed by atoms with van der Waals surface area (Å²) in [6.45, 7) is 5.87. The predicted octanol–water partition coefficient (Wildman–Crippen LogP) is 7.46. The lowest BCUT2D eigenvalue weighted by Crippen LogP contribution is -2.22. The number of ketones is 1. The monoisotopic (exact) mass is 554 g/mol. The van der Waals surface area contributed by atoms with E-state index < -0.39 is 11.9 Å². The smallest absolute Gasteiger partial charge is 0.387 e. The molecular formula is C31H34F4N4O. The van der Waals surface area contributed by atoms with Crippen molar-refractivity contribution in [2.45, 2.75) is 78.1 Å². The zero-order chi connectivity index (χ0) is 28.8. The minimum Gasteiger partial charge on any atom is -0.387 e. The topological polar surface area (TPSA) is 73.3 Å². The first-order chi connectivity index (χ1) is 18.9. The normalized spacial score (nSPS) is 17.6. The quantitative estimate of drug-likeness (QED) is 0.122. The Morgan fingerprint density at radius 2 is 1.93 bits per heavy atom. The van der Waals surface area contributed by atoms with Gasteiger partial charge in [0.25, 0.3) is 0 Å². The summed E-state index contributed by atoms with van der Waals surface area (Å²) in [5.41, 5.74) is 7.61. The lowest BCUT2D eigenvalue weighted by Gasteiger charge is -2.18. The summed E-state index contributed by atoms with van der Waals surface area (Å²) in [6, 6.07) is 9.80. The lowest BCUT2D eigenvalue weighted by atomic mass is 9.86. The maximum absolute atomic E-state index is 13.9. The van der Waals surface area contributed by atoms with E-state index in [-0.39, 0.29) is 53.6 Å². The molecule has 2 aliphatic rings. The van der Waals surface area contributed by atoms with E-state index in [1.165, 1.54) is 23.0 Å². The van der Waals surface area contributed by atoms with Crippen molar-refractivity contribution in [1.29, 1.82) is 0 Å². The van der Waals surface area contributed by atoms with E-state index in [1.54, 1.807) is 38.1 Å². The van der Waals surface area contributed by atoms with Crippen LogP contribution in [0.5, 0.6) is 0 Å². The number of hydrogen-bond donors (Lipinski definition) is 1. The molecule has 2 N–H and O–H groups in total. The van der Waals surface area contributed by atoms with Crippen molar-refractivity contribution >= 4 is 11.6 Å². The number of halogens is 4. The predicted molar refractivity (Wildman–Crippen MR) is 147 cm³/mol. The molecule has 9 heteroatoms. The first-order valence-electron chi connectivity index (χ1n) is 13.8. The molecule has 212 valence electrons. The minimum atomic E-state index is -4.66. The van der Waals surface area contributed by atoms with Crippen LogP contribution >= 0.6 is 0 Å². The first-order valence-corrected chi connectivity index (χ1v) is 13.8. The number of carbonyl (C=O) groups is 1. The van der Waals surface area contributed by atoms with Gasteiger partial charge >= 0.3 is 6.18 Å². The van der Waals surface area contributed by atoms with E-state index in [0.717, 1.165) is 31.2 Å². The Morgan fingerprint density at radius 3 is 2.52 bits per heavy atom. The Kier molecular flexibility index (Phi) is 7.35. The molecule has 0 amide bonds. The second-order valence-corrected chi connectivity index (χ2v) is 11.5. The number of alkyl halides is 3. The van der Waals surface area contributed by atoms with Gasteiger partial charge in [0.05, 0.1) is 6.54 Å². The molecule has 0 spiro atoms. The molecular weight excluding hydrogens is 520 g/mol. The number of aromatic nitrogens is 2. The number of benzene rings is 2. The number of carbonyl (C=O) groups excluding carboxylic acids is 1. The average molecular weight is 555 g/mol. The van der Waals surface area contributed by atoms with Crippen molar-refractivity contribution < 1.29 is 22.4 Å². The van der Waals surface area contributed by atoms with E-state index >= 15 is 0 Å². The lowest BCUT2D eigenvalue weighted by molar-refractivity contribution is -0.141. The van der Waals surface area contributed by atoms with E-state index in [9.17, 15) is 22.4 Å². The number of Topliss-reactive ketones (excluding diaryl/α,β-unsaturated/α-hetero) is 1. The third-order valence-electron chi connectivity index (χ3n) is 8.24. The van der Waals surface area contributed by atoms with Crippen LogP contribution in [0.3, 0.4) is 0 Å². The van der Waals surface area contributed by atoms with Crippen molar-refractivity contribution in [3.8, 4) is 11.1 Å². The number of nitrogens with two attached hydrogens (primary N) is 1. The summed E-state index contributed by atoms with van der Waals surface area (Å²) in [5, 5.41) is 3.76. The van der Waals surface area contributed by atoms with E-state index in [1.807, 2.05) is 6.92 Å². The molecule has 0 unspecified atom stereocenters. The molecule has 0 radical (unpaired) electrons. The highest BCUT2D eigenvalue weighted by Gasteiger charge is 2.41. The maximum atomic E-state index is 13.9. The largest absolute Gasteiger partial charge is 0.435 e. The fourth-order valence-electron chi connectivity index (χ4n) is 5.19. The highest BCUT2D eigenvalue weighted by Crippen LogP contribution is 2.46. The molecule has 2 aromatic carbocycles. The van der Waals surface area contributed by atoms with Crippen molar-refractivity contribution in [3.05, 3.63) is 76.4 Å². The van der Waals surface area contributed by atoms with Crippen LogP contribution in [0.2, 0.25) is 0 Å². The number of aryl methyl sites for hydroxylation is 2. The van der Waals surface area contributed by atoms with Gasteiger partial charge in [-0.05, 0) is 97.9 Å². The molecule has 3 aromatic rings. The van der Waals surface area contributed by atoms with Crippen molar-refractivity contribution in [2.75, 3.05) is 0 Å². The van der Waals surface area contributed by atoms with Gasteiger partial charge in [-0.25, -0.2) is 4.39 Å². The molecule has 2 saturated carbocycles.